The minimum atomic E-state index is -1.30. The fraction of sp³-hybridized carbons (Fsp3) is 0.158. The van der Waals surface area contributed by atoms with Gasteiger partial charge in [0.25, 0.3) is 17.7 Å². The lowest BCUT2D eigenvalue weighted by Crippen LogP contribution is -2.32. The van der Waals surface area contributed by atoms with Crippen LogP contribution in [0, 0.1) is 0 Å². The molecule has 28 heavy (non-hydrogen) atoms. The molecule has 0 saturated carbocycles. The van der Waals surface area contributed by atoms with Gasteiger partial charge in [0.2, 0.25) is 0 Å². The van der Waals surface area contributed by atoms with Gasteiger partial charge in [-0.15, -0.1) is 0 Å². The van der Waals surface area contributed by atoms with Crippen LogP contribution in [0.4, 0.5) is 5.69 Å². The number of hydrogen-bond acceptors (Lipinski definition) is 6. The number of carbonyl (C=O) groups excluding carboxylic acids is 3. The van der Waals surface area contributed by atoms with E-state index in [4.69, 9.17) is 9.84 Å². The molecular weight excluding hydrogens is 368 g/mol. The number of rotatable bonds is 6. The van der Waals surface area contributed by atoms with Gasteiger partial charge in [-0.1, -0.05) is 0 Å². The number of aromatic hydroxyl groups is 1. The Morgan fingerprint density at radius 2 is 1.79 bits per heavy atom. The van der Waals surface area contributed by atoms with Crippen molar-refractivity contribution < 1.29 is 34.1 Å². The molecule has 144 valence electrons. The van der Waals surface area contributed by atoms with Crippen LogP contribution in [0.25, 0.3) is 0 Å². The quantitative estimate of drug-likeness (QED) is 0.644. The summed E-state index contributed by atoms with van der Waals surface area (Å²) in [5.74, 6) is -3.32. The molecule has 1 aliphatic rings. The fourth-order valence-electron chi connectivity index (χ4n) is 2.81. The van der Waals surface area contributed by atoms with Crippen molar-refractivity contribution in [2.45, 2.75) is 0 Å². The maximum absolute atomic E-state index is 12.4. The summed E-state index contributed by atoms with van der Waals surface area (Å²) in [6.45, 7) is 0.314. The number of anilines is 1. The highest BCUT2D eigenvalue weighted by molar-refractivity contribution is 6.22. The summed E-state index contributed by atoms with van der Waals surface area (Å²) in [6, 6.07) is 7.73. The Bertz CT molecular complexity index is 1000. The van der Waals surface area contributed by atoms with E-state index in [1.165, 1.54) is 31.4 Å². The Morgan fingerprint density at radius 1 is 1.07 bits per heavy atom. The van der Waals surface area contributed by atoms with E-state index in [0.29, 0.717) is 0 Å². The molecule has 0 radical (unpaired) electrons. The van der Waals surface area contributed by atoms with Crippen LogP contribution in [0.15, 0.2) is 36.4 Å². The summed E-state index contributed by atoms with van der Waals surface area (Å²) in [6.07, 6.45) is 0. The first-order valence-electron chi connectivity index (χ1n) is 8.20. The zero-order valence-electron chi connectivity index (χ0n) is 14.8. The van der Waals surface area contributed by atoms with Crippen LogP contribution in [-0.4, -0.2) is 59.1 Å². The van der Waals surface area contributed by atoms with Gasteiger partial charge in [0.15, 0.2) is 0 Å². The zero-order chi connectivity index (χ0) is 20.4. The molecule has 3 amide bonds. The number of carbonyl (C=O) groups is 4. The van der Waals surface area contributed by atoms with E-state index in [9.17, 15) is 24.3 Å². The maximum Gasteiger partial charge on any atom is 0.339 e. The van der Waals surface area contributed by atoms with Crippen molar-refractivity contribution in [3.05, 3.63) is 58.7 Å². The summed E-state index contributed by atoms with van der Waals surface area (Å²) in [5.41, 5.74) is 0.349. The molecule has 0 aliphatic carbocycles. The topological polar surface area (TPSA) is 133 Å². The van der Waals surface area contributed by atoms with Crippen LogP contribution in [-0.2, 0) is 4.74 Å². The highest BCUT2D eigenvalue weighted by atomic mass is 16.5. The van der Waals surface area contributed by atoms with Crippen molar-refractivity contribution in [3.8, 4) is 5.75 Å². The van der Waals surface area contributed by atoms with Gasteiger partial charge in [-0.3, -0.25) is 19.3 Å². The van der Waals surface area contributed by atoms with Gasteiger partial charge >= 0.3 is 5.97 Å². The monoisotopic (exact) mass is 384 g/mol. The molecule has 2 aromatic carbocycles. The van der Waals surface area contributed by atoms with Crippen LogP contribution in [0.5, 0.6) is 5.75 Å². The number of methoxy groups -OCH3 is 1. The largest absolute Gasteiger partial charge is 0.507 e. The van der Waals surface area contributed by atoms with Crippen molar-refractivity contribution in [2.24, 2.45) is 0 Å². The molecule has 0 atom stereocenters. The van der Waals surface area contributed by atoms with E-state index < -0.39 is 29.4 Å². The lowest BCUT2D eigenvalue weighted by molar-refractivity contribution is 0.0601. The number of hydrogen-bond donors (Lipinski definition) is 3. The lowest BCUT2D eigenvalue weighted by atomic mass is 10.1. The van der Waals surface area contributed by atoms with Gasteiger partial charge in [-0.05, 0) is 30.3 Å². The second-order valence-corrected chi connectivity index (χ2v) is 6.01. The first-order valence-corrected chi connectivity index (χ1v) is 8.20. The summed E-state index contributed by atoms with van der Waals surface area (Å²) in [7, 11) is 1.46. The SMILES string of the molecule is COCCN1C(=O)c2ccc(C(=O)Nc3ccc(C(=O)O)c(O)c3)cc2C1=O. The van der Waals surface area contributed by atoms with E-state index in [1.807, 2.05) is 0 Å². The number of amides is 3. The Balaban J connectivity index is 1.81. The third-order valence-electron chi connectivity index (χ3n) is 4.24. The first-order chi connectivity index (χ1) is 13.3. The molecular formula is C19H16N2O7. The molecule has 0 spiro atoms. The molecule has 3 rings (SSSR count). The van der Waals surface area contributed by atoms with Crippen LogP contribution in [0.1, 0.15) is 41.4 Å². The van der Waals surface area contributed by atoms with Gasteiger partial charge in [0, 0.05) is 24.4 Å². The normalized spacial score (nSPS) is 12.8. The second-order valence-electron chi connectivity index (χ2n) is 6.01. The number of carboxylic acid groups (broad SMARTS) is 1. The molecule has 0 aromatic heterocycles. The van der Waals surface area contributed by atoms with Gasteiger partial charge in [0.05, 0.1) is 24.3 Å². The molecule has 9 heteroatoms. The van der Waals surface area contributed by atoms with Crippen molar-refractivity contribution in [2.75, 3.05) is 25.6 Å². The molecule has 9 nitrogen and oxygen atoms in total. The van der Waals surface area contributed by atoms with Gasteiger partial charge in [-0.2, -0.15) is 0 Å². The van der Waals surface area contributed by atoms with Crippen molar-refractivity contribution in [3.63, 3.8) is 0 Å². The maximum atomic E-state index is 12.4. The molecule has 0 unspecified atom stereocenters. The molecule has 0 saturated heterocycles. The summed E-state index contributed by atoms with van der Waals surface area (Å²) in [5, 5.41) is 21.1. The number of fused-ring (bicyclic) bond motifs is 1. The first kappa shape index (κ1) is 19.1. The number of ether oxygens (including phenoxy) is 1. The number of imide groups is 1. The molecule has 1 aliphatic heterocycles. The minimum absolute atomic E-state index is 0.111. The van der Waals surface area contributed by atoms with E-state index in [1.54, 1.807) is 0 Å². The molecule has 2 aromatic rings. The Morgan fingerprint density at radius 3 is 2.43 bits per heavy atom. The number of nitrogens with zero attached hydrogens (tertiary/aromatic N) is 1. The Labute approximate surface area is 159 Å². The summed E-state index contributed by atoms with van der Waals surface area (Å²) >= 11 is 0. The van der Waals surface area contributed by atoms with Crippen LogP contribution >= 0.6 is 0 Å². The molecule has 0 bridgehead atoms. The van der Waals surface area contributed by atoms with Crippen molar-refractivity contribution >= 4 is 29.4 Å². The average Bonchev–Trinajstić information content (AvgIpc) is 2.89. The standard InChI is InChI=1S/C19H16N2O7/c1-28-7-6-21-17(24)12-4-2-10(8-14(12)18(21)25)16(23)20-11-3-5-13(19(26)27)15(22)9-11/h2-5,8-9,22H,6-7H2,1H3,(H,20,23)(H,26,27). The van der Waals surface area contributed by atoms with Crippen molar-refractivity contribution in [1.82, 2.24) is 4.90 Å². The van der Waals surface area contributed by atoms with Gasteiger partial charge < -0.3 is 20.3 Å². The second kappa shape index (κ2) is 7.49. The Kier molecular flexibility index (Phi) is 5.10. The zero-order valence-corrected chi connectivity index (χ0v) is 14.8. The fourth-order valence-corrected chi connectivity index (χ4v) is 2.81. The third-order valence-corrected chi connectivity index (χ3v) is 4.24. The number of benzene rings is 2. The number of aromatic carboxylic acids is 1. The summed E-state index contributed by atoms with van der Waals surface area (Å²) in [4.78, 5) is 49.1. The molecule has 3 N–H and O–H groups in total. The summed E-state index contributed by atoms with van der Waals surface area (Å²) < 4.78 is 4.89. The van der Waals surface area contributed by atoms with Gasteiger partial charge in [0.1, 0.15) is 11.3 Å². The van der Waals surface area contributed by atoms with E-state index in [2.05, 4.69) is 5.32 Å². The predicted molar refractivity (Wildman–Crippen MR) is 96.7 cm³/mol. The third kappa shape index (κ3) is 3.42. The number of carboxylic acids is 1. The molecule has 0 fully saturated rings. The molecule has 1 heterocycles. The lowest BCUT2D eigenvalue weighted by Gasteiger charge is -2.12. The minimum Gasteiger partial charge on any atom is -0.507 e. The Hall–Kier alpha value is -3.72. The predicted octanol–water partition coefficient (Wildman–Crippen LogP) is 1.59. The van der Waals surface area contributed by atoms with E-state index >= 15 is 0 Å². The number of nitrogens with one attached hydrogen (secondary N) is 1. The van der Waals surface area contributed by atoms with Crippen LogP contribution in [0.3, 0.4) is 0 Å². The smallest absolute Gasteiger partial charge is 0.339 e. The highest BCUT2D eigenvalue weighted by Crippen LogP contribution is 2.25. The van der Waals surface area contributed by atoms with Crippen molar-refractivity contribution in [1.29, 1.82) is 0 Å². The van der Waals surface area contributed by atoms with Crippen LogP contribution < -0.4 is 5.32 Å². The van der Waals surface area contributed by atoms with Crippen LogP contribution in [0.2, 0.25) is 0 Å². The van der Waals surface area contributed by atoms with E-state index in [0.717, 1.165) is 17.0 Å². The number of phenols is 1. The average molecular weight is 384 g/mol. The van der Waals surface area contributed by atoms with E-state index in [-0.39, 0.29) is 41.1 Å². The van der Waals surface area contributed by atoms with Gasteiger partial charge in [-0.25, -0.2) is 4.79 Å². The highest BCUT2D eigenvalue weighted by Gasteiger charge is 2.35.